The number of quaternary nitrogens is 2. The van der Waals surface area contributed by atoms with Crippen molar-refractivity contribution in [1.82, 2.24) is 0 Å². The van der Waals surface area contributed by atoms with Crippen molar-refractivity contribution in [3.8, 4) is 0 Å². The van der Waals surface area contributed by atoms with E-state index in [2.05, 4.69) is 132 Å². The SMILES string of the molecule is CC[N+](CC)(CCC[Si](C)(C)O[Si](C)(C)O[Si](C)(C)O[Si](C)(C)O[Si](C)(C)O[Si](C)(C)O[Si](C)(C)O[Si](C)(C)CCC[N+](CC)(CC)CC1CO1)CC1CO1. The van der Waals surface area contributed by atoms with Gasteiger partial charge in [-0.3, -0.25) is 0 Å². The second-order valence-electron chi connectivity index (χ2n) is 20.5. The van der Waals surface area contributed by atoms with Crippen molar-refractivity contribution in [2.45, 2.75) is 170 Å². The zero-order valence-corrected chi connectivity index (χ0v) is 47.6. The van der Waals surface area contributed by atoms with Crippen molar-refractivity contribution in [2.24, 2.45) is 0 Å². The zero-order valence-electron chi connectivity index (χ0n) is 39.6. The lowest BCUT2D eigenvalue weighted by Gasteiger charge is -2.44. The standard InChI is InChI=1S/C36H90N2O9Si8/c1-21-37(22-2,31-35-33-39-35)27-25-29-48(5,6)41-50(9,10)43-52(13,14)45-54(17,18)47-55(19,20)46-53(15,16)44-51(11,12)42-49(7,8)30-26-28-38(23-3,24-4)32-36-34-40-36/h35-36H,21-34H2,1-20H3/q+2. The predicted octanol–water partition coefficient (Wildman–Crippen LogP) is 9.01. The van der Waals surface area contributed by atoms with E-state index in [-0.39, 0.29) is 0 Å². The first kappa shape index (κ1) is 52.4. The largest absolute Gasteiger partial charge is 0.436 e. The molecule has 0 saturated carbocycles. The maximum Gasteiger partial charge on any atom is 0.314 e. The second kappa shape index (κ2) is 20.0. The molecule has 0 radical (unpaired) electrons. The van der Waals surface area contributed by atoms with Crippen molar-refractivity contribution < 1.29 is 47.2 Å². The molecule has 2 saturated heterocycles. The number of hydrogen-bond donors (Lipinski definition) is 0. The normalized spacial score (nSPS) is 19.6. The van der Waals surface area contributed by atoms with E-state index in [1.54, 1.807) is 0 Å². The van der Waals surface area contributed by atoms with Crippen LogP contribution < -0.4 is 0 Å². The number of rotatable bonds is 30. The molecule has 0 bridgehead atoms. The van der Waals surface area contributed by atoms with Crippen LogP contribution in [0.4, 0.5) is 0 Å². The molecule has 2 unspecified atom stereocenters. The van der Waals surface area contributed by atoms with Gasteiger partial charge in [0.2, 0.25) is 0 Å². The second-order valence-corrected chi connectivity index (χ2v) is 51.1. The number of epoxide rings is 2. The summed E-state index contributed by atoms with van der Waals surface area (Å²) < 4.78 is 61.9. The molecule has 0 aromatic carbocycles. The van der Waals surface area contributed by atoms with Gasteiger partial charge in [0.05, 0.1) is 52.5 Å². The van der Waals surface area contributed by atoms with Crippen LogP contribution in [0.2, 0.25) is 117 Å². The molecule has 2 heterocycles. The Bertz CT molecular complexity index is 1090. The molecule has 328 valence electrons. The number of likely N-dealkylation sites (N-methyl/N-ethyl adjacent to an activating group) is 2. The first-order valence-electron chi connectivity index (χ1n) is 21.6. The monoisotopic (exact) mass is 918 g/mol. The number of ether oxygens (including phenoxy) is 2. The fourth-order valence-corrected chi connectivity index (χ4v) is 49.6. The molecule has 2 aliphatic heterocycles. The van der Waals surface area contributed by atoms with Gasteiger partial charge < -0.3 is 47.2 Å². The van der Waals surface area contributed by atoms with Crippen LogP contribution in [-0.2, 0) is 38.3 Å². The number of hydrogen-bond acceptors (Lipinski definition) is 9. The highest BCUT2D eigenvalue weighted by Crippen LogP contribution is 2.31. The van der Waals surface area contributed by atoms with Gasteiger partial charge >= 0.3 is 51.4 Å². The fourth-order valence-electron chi connectivity index (χ4n) is 9.19. The molecule has 0 amide bonds. The van der Waals surface area contributed by atoms with Crippen LogP contribution in [0.3, 0.4) is 0 Å². The highest BCUT2D eigenvalue weighted by Gasteiger charge is 2.49. The highest BCUT2D eigenvalue weighted by atomic mass is 28.5. The van der Waals surface area contributed by atoms with Crippen LogP contribution >= 0.6 is 0 Å². The summed E-state index contributed by atoms with van der Waals surface area (Å²) in [5, 5.41) is 0. The summed E-state index contributed by atoms with van der Waals surface area (Å²) in [5.41, 5.74) is 0. The first-order chi connectivity index (χ1) is 24.8. The van der Waals surface area contributed by atoms with Crippen molar-refractivity contribution in [3.05, 3.63) is 0 Å². The van der Waals surface area contributed by atoms with Crippen LogP contribution in [0.5, 0.6) is 0 Å². The highest BCUT2D eigenvalue weighted by molar-refractivity contribution is 6.92. The third-order valence-corrected chi connectivity index (χ3v) is 42.1. The smallest absolute Gasteiger partial charge is 0.314 e. The maximum atomic E-state index is 6.98. The lowest BCUT2D eigenvalue weighted by molar-refractivity contribution is -0.925. The molecular weight excluding hydrogens is 829 g/mol. The van der Waals surface area contributed by atoms with Gasteiger partial charge in [-0.1, -0.05) is 0 Å². The minimum absolute atomic E-state index is 0.458. The average Bonchev–Trinajstić information content (AvgIpc) is 3.88. The Hall–Kier alpha value is 1.30. The minimum Gasteiger partial charge on any atom is -0.436 e. The van der Waals surface area contributed by atoms with Crippen LogP contribution in [0.1, 0.15) is 40.5 Å². The lowest BCUT2D eigenvalue weighted by atomic mass is 10.2. The molecule has 0 spiro atoms. The van der Waals surface area contributed by atoms with Crippen molar-refractivity contribution in [1.29, 1.82) is 0 Å². The van der Waals surface area contributed by atoms with Crippen molar-refractivity contribution in [2.75, 3.05) is 65.6 Å². The molecule has 2 aliphatic rings. The maximum absolute atomic E-state index is 6.98. The van der Waals surface area contributed by atoms with E-state index in [4.69, 9.17) is 38.3 Å². The van der Waals surface area contributed by atoms with E-state index in [9.17, 15) is 0 Å². The molecule has 2 fully saturated rings. The average molecular weight is 920 g/mol. The van der Waals surface area contributed by atoms with Crippen molar-refractivity contribution >= 4 is 68.0 Å². The molecule has 11 nitrogen and oxygen atoms in total. The summed E-state index contributed by atoms with van der Waals surface area (Å²) in [5.74, 6) is 0. The van der Waals surface area contributed by atoms with Gasteiger partial charge in [0.15, 0.2) is 16.6 Å². The predicted molar refractivity (Wildman–Crippen MR) is 248 cm³/mol. The summed E-state index contributed by atoms with van der Waals surface area (Å²) in [7, 11) is -19.4. The Morgan fingerprint density at radius 3 is 0.818 bits per heavy atom. The lowest BCUT2D eigenvalue weighted by Crippen LogP contribution is -2.61. The summed E-state index contributed by atoms with van der Waals surface area (Å²) in [6, 6.07) is 2.25. The minimum atomic E-state index is -2.65. The first-order valence-corrected chi connectivity index (χ1v) is 44.7. The van der Waals surface area contributed by atoms with Gasteiger partial charge in [-0.25, -0.2) is 0 Å². The van der Waals surface area contributed by atoms with E-state index in [1.807, 2.05) is 0 Å². The van der Waals surface area contributed by atoms with E-state index >= 15 is 0 Å². The Labute approximate surface area is 348 Å². The van der Waals surface area contributed by atoms with Gasteiger partial charge in [-0.2, -0.15) is 0 Å². The Morgan fingerprint density at radius 2 is 0.618 bits per heavy atom. The Morgan fingerprint density at radius 1 is 0.400 bits per heavy atom. The molecule has 19 heteroatoms. The fraction of sp³-hybridized carbons (Fsp3) is 1.00. The van der Waals surface area contributed by atoms with Gasteiger partial charge in [-0.05, 0) is 157 Å². The molecular formula is C36H90N2O9Si8+2. The van der Waals surface area contributed by atoms with E-state index in [0.29, 0.717) is 12.2 Å². The van der Waals surface area contributed by atoms with Crippen LogP contribution in [0.25, 0.3) is 0 Å². The van der Waals surface area contributed by atoms with E-state index in [0.717, 1.165) is 73.5 Å². The van der Waals surface area contributed by atoms with Gasteiger partial charge in [-0.15, -0.1) is 0 Å². The molecule has 55 heavy (non-hydrogen) atoms. The molecule has 2 rings (SSSR count). The Balaban J connectivity index is 1.92. The zero-order chi connectivity index (χ0) is 42.4. The molecule has 2 atom stereocenters. The van der Waals surface area contributed by atoms with Gasteiger partial charge in [0.1, 0.15) is 25.3 Å². The van der Waals surface area contributed by atoms with E-state index < -0.39 is 68.0 Å². The van der Waals surface area contributed by atoms with E-state index in [1.165, 1.54) is 25.9 Å². The molecule has 0 aliphatic carbocycles. The third kappa shape index (κ3) is 20.6. The van der Waals surface area contributed by atoms with Gasteiger partial charge in [0, 0.05) is 0 Å². The summed E-state index contributed by atoms with van der Waals surface area (Å²) in [6.45, 7) is 55.7. The van der Waals surface area contributed by atoms with Crippen LogP contribution in [0.15, 0.2) is 0 Å². The summed E-state index contributed by atoms with van der Waals surface area (Å²) in [6.07, 6.45) is 3.26. The topological polar surface area (TPSA) is 89.7 Å². The molecule has 0 aromatic heterocycles. The van der Waals surface area contributed by atoms with Crippen LogP contribution in [0, 0.1) is 0 Å². The molecule has 0 aromatic rings. The molecule has 0 N–H and O–H groups in total. The van der Waals surface area contributed by atoms with Crippen molar-refractivity contribution in [3.63, 3.8) is 0 Å². The Kier molecular flexibility index (Phi) is 19.1. The summed E-state index contributed by atoms with van der Waals surface area (Å²) >= 11 is 0. The quantitative estimate of drug-likeness (QED) is 0.0398. The third-order valence-electron chi connectivity index (χ3n) is 11.0. The summed E-state index contributed by atoms with van der Waals surface area (Å²) in [4.78, 5) is 0. The van der Waals surface area contributed by atoms with Gasteiger partial charge in [0.25, 0.3) is 0 Å². The number of nitrogens with zero attached hydrogens (tertiary/aromatic N) is 2. The van der Waals surface area contributed by atoms with Crippen LogP contribution in [-0.4, -0.2) is 155 Å².